The fourth-order valence-corrected chi connectivity index (χ4v) is 5.44. The normalized spacial score (nSPS) is 21.1. The topological polar surface area (TPSA) is 35.9 Å². The van der Waals surface area contributed by atoms with Gasteiger partial charge in [-0.05, 0) is 67.3 Å². The van der Waals surface area contributed by atoms with Crippen molar-refractivity contribution in [3.63, 3.8) is 0 Å². The lowest BCUT2D eigenvalue weighted by molar-refractivity contribution is 0.145. The van der Waals surface area contributed by atoms with Crippen molar-refractivity contribution in [1.82, 2.24) is 4.90 Å². The first-order chi connectivity index (χ1) is 15.7. The number of fused-ring (bicyclic) bond motifs is 3. The molecule has 2 aliphatic rings. The summed E-state index contributed by atoms with van der Waals surface area (Å²) in [5.41, 5.74) is 5.10. The van der Waals surface area contributed by atoms with Gasteiger partial charge in [0.25, 0.3) is 0 Å². The van der Waals surface area contributed by atoms with Gasteiger partial charge < -0.3 is 19.6 Å². The molecule has 0 spiro atoms. The van der Waals surface area contributed by atoms with Crippen molar-refractivity contribution in [1.29, 1.82) is 0 Å². The molecule has 3 aromatic rings. The molecule has 4 heteroatoms. The van der Waals surface area contributed by atoms with Gasteiger partial charge in [-0.1, -0.05) is 48.5 Å². The smallest absolute Gasteiger partial charge is 0.118 e. The van der Waals surface area contributed by atoms with Gasteiger partial charge in [0.1, 0.15) is 5.75 Å². The first-order valence-electron chi connectivity index (χ1n) is 11.7. The van der Waals surface area contributed by atoms with Gasteiger partial charge in [0.15, 0.2) is 0 Å². The van der Waals surface area contributed by atoms with Crippen LogP contribution < -0.4 is 9.64 Å². The number of ether oxygens (including phenoxy) is 1. The molecule has 0 radical (unpaired) electrons. The summed E-state index contributed by atoms with van der Waals surface area (Å²) in [5.74, 6) is 1.36. The molecule has 1 N–H and O–H groups in total. The lowest BCUT2D eigenvalue weighted by Gasteiger charge is -2.39. The van der Waals surface area contributed by atoms with Gasteiger partial charge >= 0.3 is 0 Å². The SMILES string of the molecule is COc1ccc(C(O)CCCN2CCC3C(C2)c2ccccc2N3c2ccccc2)cc1. The number of hydrogen-bond donors (Lipinski definition) is 1. The highest BCUT2D eigenvalue weighted by Crippen LogP contribution is 2.48. The van der Waals surface area contributed by atoms with Crippen molar-refractivity contribution in [2.75, 3.05) is 31.6 Å². The fraction of sp³-hybridized carbons (Fsp3) is 0.357. The Balaban J connectivity index is 1.22. The van der Waals surface area contributed by atoms with Crippen LogP contribution in [0.15, 0.2) is 78.9 Å². The van der Waals surface area contributed by atoms with Crippen LogP contribution in [0.25, 0.3) is 0 Å². The van der Waals surface area contributed by atoms with E-state index in [1.807, 2.05) is 24.3 Å². The van der Waals surface area contributed by atoms with Crippen LogP contribution in [0.2, 0.25) is 0 Å². The van der Waals surface area contributed by atoms with Crippen molar-refractivity contribution in [3.05, 3.63) is 90.0 Å². The molecule has 1 fully saturated rings. The molecule has 2 aliphatic heterocycles. The van der Waals surface area contributed by atoms with Gasteiger partial charge in [-0.25, -0.2) is 0 Å². The van der Waals surface area contributed by atoms with Gasteiger partial charge in [0.05, 0.1) is 13.2 Å². The maximum Gasteiger partial charge on any atom is 0.118 e. The average Bonchev–Trinajstić information content (AvgIpc) is 3.18. The number of benzene rings is 3. The third-order valence-corrected chi connectivity index (χ3v) is 7.07. The van der Waals surface area contributed by atoms with Crippen molar-refractivity contribution >= 4 is 11.4 Å². The Kier molecular flexibility index (Phi) is 6.15. The highest BCUT2D eigenvalue weighted by molar-refractivity contribution is 5.72. The van der Waals surface area contributed by atoms with E-state index in [2.05, 4.69) is 64.4 Å². The van der Waals surface area contributed by atoms with Gasteiger partial charge in [-0.2, -0.15) is 0 Å². The number of piperidine rings is 1. The van der Waals surface area contributed by atoms with E-state index in [1.165, 1.54) is 16.9 Å². The number of para-hydroxylation sites is 2. The summed E-state index contributed by atoms with van der Waals surface area (Å²) in [6.07, 6.45) is 2.52. The van der Waals surface area contributed by atoms with E-state index >= 15 is 0 Å². The molecular weight excluding hydrogens is 396 g/mol. The summed E-state index contributed by atoms with van der Waals surface area (Å²) in [4.78, 5) is 5.15. The molecule has 166 valence electrons. The van der Waals surface area contributed by atoms with E-state index in [1.54, 1.807) is 7.11 Å². The molecule has 3 unspecified atom stereocenters. The van der Waals surface area contributed by atoms with Crippen LogP contribution in [-0.2, 0) is 0 Å². The Bertz CT molecular complexity index is 1020. The number of nitrogens with zero attached hydrogens (tertiary/aromatic N) is 2. The highest BCUT2D eigenvalue weighted by Gasteiger charge is 2.42. The van der Waals surface area contributed by atoms with Crippen LogP contribution >= 0.6 is 0 Å². The van der Waals surface area contributed by atoms with E-state index in [-0.39, 0.29) is 0 Å². The molecule has 1 saturated heterocycles. The Morgan fingerprint density at radius 3 is 2.50 bits per heavy atom. The van der Waals surface area contributed by atoms with Crippen molar-refractivity contribution in [3.8, 4) is 5.75 Å². The number of likely N-dealkylation sites (tertiary alicyclic amines) is 1. The summed E-state index contributed by atoms with van der Waals surface area (Å²) < 4.78 is 5.21. The maximum atomic E-state index is 10.6. The van der Waals surface area contributed by atoms with E-state index in [4.69, 9.17) is 4.74 Å². The van der Waals surface area contributed by atoms with Gasteiger partial charge in [0, 0.05) is 36.4 Å². The molecule has 4 nitrogen and oxygen atoms in total. The molecule has 0 saturated carbocycles. The van der Waals surface area contributed by atoms with Crippen molar-refractivity contribution in [2.45, 2.75) is 37.3 Å². The van der Waals surface area contributed by atoms with Crippen LogP contribution in [0.5, 0.6) is 5.75 Å². The fourth-order valence-electron chi connectivity index (χ4n) is 5.44. The Morgan fingerprint density at radius 1 is 0.969 bits per heavy atom. The molecule has 0 aromatic heterocycles. The first-order valence-corrected chi connectivity index (χ1v) is 11.7. The molecule has 0 bridgehead atoms. The van der Waals surface area contributed by atoms with E-state index in [0.29, 0.717) is 12.0 Å². The number of aliphatic hydroxyl groups excluding tert-OH is 1. The lowest BCUT2D eigenvalue weighted by Crippen LogP contribution is -2.45. The number of rotatable bonds is 7. The zero-order valence-corrected chi connectivity index (χ0v) is 18.7. The quantitative estimate of drug-likeness (QED) is 0.538. The minimum absolute atomic E-state index is 0.417. The molecule has 0 aliphatic carbocycles. The average molecular weight is 429 g/mol. The number of hydrogen-bond acceptors (Lipinski definition) is 4. The lowest BCUT2D eigenvalue weighted by atomic mass is 9.89. The summed E-state index contributed by atoms with van der Waals surface area (Å²) in [6.45, 7) is 3.23. The molecule has 3 atom stereocenters. The van der Waals surface area contributed by atoms with E-state index < -0.39 is 6.10 Å². The molecule has 2 heterocycles. The van der Waals surface area contributed by atoms with Gasteiger partial charge in [-0.15, -0.1) is 0 Å². The predicted octanol–water partition coefficient (Wildman–Crippen LogP) is 5.52. The van der Waals surface area contributed by atoms with Crippen LogP contribution in [0.1, 0.15) is 42.4 Å². The van der Waals surface area contributed by atoms with E-state index in [0.717, 1.165) is 50.2 Å². The predicted molar refractivity (Wildman–Crippen MR) is 130 cm³/mol. The molecule has 0 amide bonds. The summed E-state index contributed by atoms with van der Waals surface area (Å²) in [7, 11) is 1.66. The molecule has 32 heavy (non-hydrogen) atoms. The summed E-state index contributed by atoms with van der Waals surface area (Å²) in [5, 5.41) is 10.6. The second-order valence-electron chi connectivity index (χ2n) is 8.96. The van der Waals surface area contributed by atoms with Gasteiger partial charge in [0.2, 0.25) is 0 Å². The Hall–Kier alpha value is -2.82. The Labute approximate surface area is 191 Å². The largest absolute Gasteiger partial charge is 0.497 e. The van der Waals surface area contributed by atoms with Crippen LogP contribution in [0, 0.1) is 0 Å². The Morgan fingerprint density at radius 2 is 1.72 bits per heavy atom. The molecular formula is C28H32N2O2. The monoisotopic (exact) mass is 428 g/mol. The maximum absolute atomic E-state index is 10.6. The van der Waals surface area contributed by atoms with Crippen LogP contribution in [0.4, 0.5) is 11.4 Å². The van der Waals surface area contributed by atoms with Crippen LogP contribution in [0.3, 0.4) is 0 Å². The second kappa shape index (κ2) is 9.35. The summed E-state index contributed by atoms with van der Waals surface area (Å²) in [6, 6.07) is 28.0. The van der Waals surface area contributed by atoms with Crippen LogP contribution in [-0.4, -0.2) is 42.8 Å². The van der Waals surface area contributed by atoms with Gasteiger partial charge in [-0.3, -0.25) is 0 Å². The minimum Gasteiger partial charge on any atom is -0.497 e. The molecule has 3 aromatic carbocycles. The van der Waals surface area contributed by atoms with E-state index in [9.17, 15) is 5.11 Å². The zero-order chi connectivity index (χ0) is 21.9. The zero-order valence-electron chi connectivity index (χ0n) is 18.7. The third-order valence-electron chi connectivity index (χ3n) is 7.07. The third kappa shape index (κ3) is 4.13. The number of methoxy groups -OCH3 is 1. The van der Waals surface area contributed by atoms with Crippen molar-refractivity contribution < 1.29 is 9.84 Å². The minimum atomic E-state index is -0.417. The number of aliphatic hydroxyl groups is 1. The standard InChI is InChI=1S/C28H32N2O2/c1-32-23-15-13-21(14-16-23)28(31)12-7-18-29-19-17-27-25(20-29)24-10-5-6-11-26(24)30(27)22-8-3-2-4-9-22/h2-6,8-11,13-16,25,27-28,31H,7,12,17-20H2,1H3. The highest BCUT2D eigenvalue weighted by atomic mass is 16.5. The summed E-state index contributed by atoms with van der Waals surface area (Å²) >= 11 is 0. The second-order valence-corrected chi connectivity index (χ2v) is 8.96. The number of anilines is 2. The van der Waals surface area contributed by atoms with Crippen molar-refractivity contribution in [2.24, 2.45) is 0 Å². The first kappa shape index (κ1) is 21.0. The molecule has 5 rings (SSSR count).